The molecule has 1 saturated heterocycles. The summed E-state index contributed by atoms with van der Waals surface area (Å²) in [5.41, 5.74) is 0.683. The lowest BCUT2D eigenvalue weighted by Crippen LogP contribution is -2.53. The average molecular weight is 518 g/mol. The van der Waals surface area contributed by atoms with Crippen LogP contribution in [0.25, 0.3) is 0 Å². The molecule has 2 aliphatic rings. The molecule has 0 amide bonds. The molecule has 1 fully saturated rings. The number of aromatic nitrogens is 1. The Kier molecular flexibility index (Phi) is 7.92. The molecule has 3 heterocycles. The van der Waals surface area contributed by atoms with Crippen molar-refractivity contribution in [3.63, 3.8) is 0 Å². The van der Waals surface area contributed by atoms with Crippen molar-refractivity contribution in [1.29, 1.82) is 0 Å². The number of sulfonamides is 1. The second-order valence-electron chi connectivity index (χ2n) is 8.28. The number of halogens is 3. The number of methoxy groups -OCH3 is 1. The summed E-state index contributed by atoms with van der Waals surface area (Å²) in [6.07, 6.45) is -2.01. The van der Waals surface area contributed by atoms with Crippen molar-refractivity contribution in [2.45, 2.75) is 36.1 Å². The maximum Gasteiger partial charge on any atom is 0.490 e. The maximum atomic E-state index is 12.8. The highest BCUT2D eigenvalue weighted by atomic mass is 32.2. The number of carboxylic acid groups (broad SMARTS) is 1. The number of aliphatic carboxylic acids is 1. The summed E-state index contributed by atoms with van der Waals surface area (Å²) in [6, 6.07) is 11.3. The Balaban J connectivity index is 0.000000429. The smallest absolute Gasteiger partial charge is 0.490 e. The first kappa shape index (κ1) is 26.7. The van der Waals surface area contributed by atoms with Crippen molar-refractivity contribution in [1.82, 2.24) is 14.2 Å². The summed E-state index contributed by atoms with van der Waals surface area (Å²) in [5.74, 6) is -1.69. The number of hydrogen-bond acceptors (Lipinski definition) is 7. The number of piperidine rings is 1. The van der Waals surface area contributed by atoms with Gasteiger partial charge in [-0.2, -0.15) is 17.5 Å². The van der Waals surface area contributed by atoms with Gasteiger partial charge in [0.05, 0.1) is 13.7 Å². The van der Waals surface area contributed by atoms with Crippen LogP contribution in [0.1, 0.15) is 18.4 Å². The number of hydrogen-bond donors (Lipinski definition) is 1. The number of nitrogens with zero attached hydrogens (tertiary/aromatic N) is 3. The van der Waals surface area contributed by atoms with Crippen LogP contribution in [0.4, 0.5) is 13.2 Å². The minimum absolute atomic E-state index is 0.148. The van der Waals surface area contributed by atoms with Crippen molar-refractivity contribution >= 4 is 16.0 Å². The molecule has 0 atom stereocenters. The molecule has 0 unspecified atom stereocenters. The molecule has 1 aromatic carbocycles. The molecule has 0 radical (unpaired) electrons. The van der Waals surface area contributed by atoms with Crippen LogP contribution in [0, 0.1) is 0 Å². The lowest BCUT2D eigenvalue weighted by Gasteiger charge is -2.41. The molecule has 9 nitrogen and oxygen atoms in total. The van der Waals surface area contributed by atoms with Crippen LogP contribution >= 0.6 is 0 Å². The van der Waals surface area contributed by atoms with E-state index in [2.05, 4.69) is 22.0 Å². The fraction of sp³-hybridized carbons (Fsp3) is 0.455. The van der Waals surface area contributed by atoms with E-state index in [9.17, 15) is 21.6 Å². The lowest BCUT2D eigenvalue weighted by molar-refractivity contribution is -0.192. The minimum atomic E-state index is -5.08. The Bertz CT molecular complexity index is 1130. The average Bonchev–Trinajstić information content (AvgIpc) is 2.88. The Hall–Kier alpha value is -2.90. The first-order valence-corrected chi connectivity index (χ1v) is 12.1. The summed E-state index contributed by atoms with van der Waals surface area (Å²) >= 11 is 0. The Morgan fingerprint density at radius 1 is 1.20 bits per heavy atom. The summed E-state index contributed by atoms with van der Waals surface area (Å²) in [4.78, 5) is 15.6. The molecule has 192 valence electrons. The van der Waals surface area contributed by atoms with Gasteiger partial charge in [-0.25, -0.2) is 18.2 Å². The zero-order valence-corrected chi connectivity index (χ0v) is 20.0. The normalized spacial score (nSPS) is 19.5. The summed E-state index contributed by atoms with van der Waals surface area (Å²) < 4.78 is 70.2. The van der Waals surface area contributed by atoms with E-state index in [-0.39, 0.29) is 10.8 Å². The molecule has 0 bridgehead atoms. The first-order chi connectivity index (χ1) is 16.4. The molecule has 35 heavy (non-hydrogen) atoms. The number of ether oxygens (including phenoxy) is 2. The number of alkyl halides is 3. The van der Waals surface area contributed by atoms with Crippen LogP contribution in [-0.4, -0.2) is 79.3 Å². The van der Waals surface area contributed by atoms with Crippen molar-refractivity contribution in [2.24, 2.45) is 0 Å². The molecule has 2 aliphatic heterocycles. The van der Waals surface area contributed by atoms with Gasteiger partial charge in [-0.3, -0.25) is 4.90 Å². The molecule has 13 heteroatoms. The van der Waals surface area contributed by atoms with Gasteiger partial charge in [-0.05, 0) is 29.8 Å². The fourth-order valence-corrected chi connectivity index (χ4v) is 5.22. The summed E-state index contributed by atoms with van der Waals surface area (Å²) in [7, 11) is -0.301. The quantitative estimate of drug-likeness (QED) is 0.662. The topological polar surface area (TPSA) is 109 Å². The van der Waals surface area contributed by atoms with E-state index in [1.807, 2.05) is 12.1 Å². The van der Waals surface area contributed by atoms with Crippen molar-refractivity contribution in [3.05, 3.63) is 48.2 Å². The molecule has 1 aromatic heterocycles. The number of carbonyl (C=O) groups is 1. The van der Waals surface area contributed by atoms with Gasteiger partial charge in [0, 0.05) is 45.7 Å². The molecular formula is C22H26F3N3O6S. The second-order valence-corrected chi connectivity index (χ2v) is 10.3. The maximum absolute atomic E-state index is 12.8. The predicted octanol–water partition coefficient (Wildman–Crippen LogP) is 2.77. The first-order valence-electron chi connectivity index (χ1n) is 10.6. The predicted molar refractivity (Wildman–Crippen MR) is 119 cm³/mol. The molecule has 1 N–H and O–H groups in total. The van der Waals surface area contributed by atoms with Gasteiger partial charge < -0.3 is 14.6 Å². The largest absolute Gasteiger partial charge is 0.497 e. The van der Waals surface area contributed by atoms with Crippen molar-refractivity contribution < 1.29 is 41.0 Å². The third-order valence-electron chi connectivity index (χ3n) is 5.82. The van der Waals surface area contributed by atoms with E-state index in [0.29, 0.717) is 6.54 Å². The van der Waals surface area contributed by atoms with E-state index in [4.69, 9.17) is 19.4 Å². The van der Waals surface area contributed by atoms with Crippen molar-refractivity contribution in [2.75, 3.05) is 33.8 Å². The number of fused-ring (bicyclic) bond motifs is 1. The highest BCUT2D eigenvalue weighted by molar-refractivity contribution is 7.89. The number of pyridine rings is 1. The van der Waals surface area contributed by atoms with Crippen LogP contribution in [0.5, 0.6) is 11.6 Å². The number of likely N-dealkylation sites (N-methyl/N-ethyl adjacent to an activating group) is 1. The number of benzene rings is 1. The zero-order valence-electron chi connectivity index (χ0n) is 19.2. The Morgan fingerprint density at radius 2 is 1.80 bits per heavy atom. The highest BCUT2D eigenvalue weighted by Gasteiger charge is 2.44. The molecule has 0 saturated carbocycles. The third-order valence-corrected chi connectivity index (χ3v) is 7.64. The van der Waals surface area contributed by atoms with Crippen LogP contribution in [0.15, 0.2) is 47.5 Å². The lowest BCUT2D eigenvalue weighted by atomic mass is 9.90. The fourth-order valence-electron chi connectivity index (χ4n) is 3.91. The van der Waals surface area contributed by atoms with Gasteiger partial charge in [0.15, 0.2) is 0 Å². The van der Waals surface area contributed by atoms with E-state index in [1.54, 1.807) is 32.5 Å². The zero-order chi connectivity index (χ0) is 25.9. The molecule has 2 aromatic rings. The Morgan fingerprint density at radius 3 is 2.34 bits per heavy atom. The van der Waals surface area contributed by atoms with Crippen LogP contribution in [-0.2, 0) is 21.4 Å². The van der Waals surface area contributed by atoms with Gasteiger partial charge in [0.2, 0.25) is 15.9 Å². The number of rotatable bonds is 3. The van der Waals surface area contributed by atoms with Gasteiger partial charge in [0.1, 0.15) is 16.2 Å². The number of carboxylic acids is 1. The van der Waals surface area contributed by atoms with E-state index in [0.717, 1.165) is 38.2 Å². The standard InChI is InChI=1S/C20H25N3O4S.C2HF3O2/c1-22-15-20(27-19-18(28(22,24)25)4-3-11-21-19)9-12-23(13-10-20)14-16-5-7-17(26-2)8-6-16;3-2(4,5)1(6)7/h3-8,11H,9-10,12-15H2,1-2H3;(H,6,7). The minimum Gasteiger partial charge on any atom is -0.497 e. The van der Waals surface area contributed by atoms with Crippen LogP contribution in [0.3, 0.4) is 0 Å². The van der Waals surface area contributed by atoms with Gasteiger partial charge in [-0.15, -0.1) is 0 Å². The molecular weight excluding hydrogens is 491 g/mol. The molecule has 4 rings (SSSR count). The monoisotopic (exact) mass is 517 g/mol. The summed E-state index contributed by atoms with van der Waals surface area (Å²) in [5, 5.41) is 7.12. The van der Waals surface area contributed by atoms with Crippen LogP contribution in [0.2, 0.25) is 0 Å². The van der Waals surface area contributed by atoms with Crippen molar-refractivity contribution in [3.8, 4) is 11.6 Å². The van der Waals surface area contributed by atoms with E-state index >= 15 is 0 Å². The van der Waals surface area contributed by atoms with Crippen LogP contribution < -0.4 is 9.47 Å². The SMILES string of the molecule is COc1ccc(CN2CCC3(CC2)CN(C)S(=O)(=O)c2cccnc2O3)cc1.O=C(O)C(F)(F)F. The van der Waals surface area contributed by atoms with Gasteiger partial charge in [0.25, 0.3) is 0 Å². The Labute approximate surface area is 201 Å². The third kappa shape index (κ3) is 6.41. The molecule has 1 spiro atoms. The van der Waals surface area contributed by atoms with E-state index < -0.39 is 27.8 Å². The van der Waals surface area contributed by atoms with Gasteiger partial charge in [-0.1, -0.05) is 12.1 Å². The second kappa shape index (κ2) is 10.4. The van der Waals surface area contributed by atoms with E-state index in [1.165, 1.54) is 9.87 Å². The molecule has 0 aliphatic carbocycles. The number of likely N-dealkylation sites (tertiary alicyclic amines) is 1. The highest BCUT2D eigenvalue weighted by Crippen LogP contribution is 2.37. The summed E-state index contributed by atoms with van der Waals surface area (Å²) in [6.45, 7) is 2.86. The van der Waals surface area contributed by atoms with Gasteiger partial charge >= 0.3 is 12.1 Å².